The Morgan fingerprint density at radius 2 is 1.90 bits per heavy atom. The van der Waals surface area contributed by atoms with Crippen molar-refractivity contribution in [2.24, 2.45) is 11.3 Å². The number of nitrogens with zero attached hydrogens (tertiary/aromatic N) is 7. The Balaban J connectivity index is 1.28. The molecule has 0 radical (unpaired) electrons. The Morgan fingerprint density at radius 3 is 2.58 bits per heavy atom. The SMILES string of the molecule is CN1CCN(c2cnc(Nc3cc(N4CC[C@@](C#N)(C5CC5)C4=O)ccn3)cn2)CC1. The summed E-state index contributed by atoms with van der Waals surface area (Å²) in [5, 5.41) is 12.9. The van der Waals surface area contributed by atoms with Crippen LogP contribution in [-0.4, -0.2) is 65.5 Å². The van der Waals surface area contributed by atoms with Crippen molar-refractivity contribution >= 4 is 29.0 Å². The summed E-state index contributed by atoms with van der Waals surface area (Å²) >= 11 is 0. The number of amides is 1. The predicted octanol–water partition coefficient (Wildman–Crippen LogP) is 2.02. The van der Waals surface area contributed by atoms with Gasteiger partial charge in [0.15, 0.2) is 0 Å². The third kappa shape index (κ3) is 3.68. The first-order valence-electron chi connectivity index (χ1n) is 10.8. The quantitative estimate of drug-likeness (QED) is 0.787. The molecule has 0 aromatic carbocycles. The minimum atomic E-state index is -0.846. The molecular weight excluding hydrogens is 392 g/mol. The van der Waals surface area contributed by atoms with Crippen molar-refractivity contribution in [2.75, 3.05) is 54.9 Å². The highest BCUT2D eigenvalue weighted by molar-refractivity contribution is 6.02. The zero-order valence-corrected chi connectivity index (χ0v) is 17.7. The lowest BCUT2D eigenvalue weighted by atomic mass is 9.83. The van der Waals surface area contributed by atoms with Gasteiger partial charge in [0.1, 0.15) is 22.9 Å². The van der Waals surface area contributed by atoms with Gasteiger partial charge in [0, 0.05) is 50.7 Å². The van der Waals surface area contributed by atoms with Crippen LogP contribution in [0.5, 0.6) is 0 Å². The van der Waals surface area contributed by atoms with Crippen LogP contribution in [0, 0.1) is 22.7 Å². The summed E-state index contributed by atoms with van der Waals surface area (Å²) in [6.07, 6.45) is 7.69. The number of hydrogen-bond donors (Lipinski definition) is 1. The average molecular weight is 419 g/mol. The molecule has 1 atom stereocenters. The fourth-order valence-electron chi connectivity index (χ4n) is 4.51. The number of likely N-dealkylation sites (N-methyl/N-ethyl adjacent to an activating group) is 1. The average Bonchev–Trinajstić information content (AvgIpc) is 3.59. The van der Waals surface area contributed by atoms with Gasteiger partial charge in [-0.15, -0.1) is 0 Å². The minimum absolute atomic E-state index is 0.0778. The van der Waals surface area contributed by atoms with Crippen LogP contribution in [0.4, 0.5) is 23.1 Å². The Bertz CT molecular complexity index is 1010. The smallest absolute Gasteiger partial charge is 0.247 e. The molecule has 2 aromatic heterocycles. The van der Waals surface area contributed by atoms with Crippen LogP contribution >= 0.6 is 0 Å². The minimum Gasteiger partial charge on any atom is -0.353 e. The number of pyridine rings is 1. The summed E-state index contributed by atoms with van der Waals surface area (Å²) in [5.74, 6) is 2.19. The molecule has 3 aliphatic rings. The molecule has 1 N–H and O–H groups in total. The fraction of sp³-hybridized carbons (Fsp3) is 0.500. The molecule has 2 aromatic rings. The van der Waals surface area contributed by atoms with Gasteiger partial charge in [0.25, 0.3) is 0 Å². The topological polar surface area (TPSA) is 101 Å². The lowest BCUT2D eigenvalue weighted by Gasteiger charge is -2.32. The zero-order valence-electron chi connectivity index (χ0n) is 17.7. The molecule has 4 heterocycles. The number of nitriles is 1. The maximum Gasteiger partial charge on any atom is 0.247 e. The third-order valence-corrected chi connectivity index (χ3v) is 6.61. The number of aromatic nitrogens is 3. The maximum atomic E-state index is 13.1. The second-order valence-electron chi connectivity index (χ2n) is 8.64. The Morgan fingerprint density at radius 1 is 1.10 bits per heavy atom. The first-order chi connectivity index (χ1) is 15.1. The Kier molecular flexibility index (Phi) is 4.94. The molecule has 9 nitrogen and oxygen atoms in total. The van der Waals surface area contributed by atoms with E-state index in [1.165, 1.54) is 0 Å². The summed E-state index contributed by atoms with van der Waals surface area (Å²) in [4.78, 5) is 32.7. The second kappa shape index (κ2) is 7.78. The van der Waals surface area contributed by atoms with E-state index >= 15 is 0 Å². The van der Waals surface area contributed by atoms with E-state index in [9.17, 15) is 10.1 Å². The summed E-state index contributed by atoms with van der Waals surface area (Å²) in [6.45, 7) is 4.47. The first-order valence-corrected chi connectivity index (χ1v) is 10.8. The molecule has 0 bridgehead atoms. The number of anilines is 4. The van der Waals surface area contributed by atoms with Gasteiger partial charge in [-0.2, -0.15) is 5.26 Å². The predicted molar refractivity (Wildman–Crippen MR) is 117 cm³/mol. The Labute approximate surface area is 181 Å². The molecule has 1 amide bonds. The lowest BCUT2D eigenvalue weighted by Crippen LogP contribution is -2.44. The molecule has 3 fully saturated rings. The molecule has 2 aliphatic heterocycles. The van der Waals surface area contributed by atoms with E-state index in [0.29, 0.717) is 24.6 Å². The highest BCUT2D eigenvalue weighted by Crippen LogP contribution is 2.51. The summed E-state index contributed by atoms with van der Waals surface area (Å²) in [7, 11) is 2.12. The van der Waals surface area contributed by atoms with Crippen LogP contribution in [0.15, 0.2) is 30.7 Å². The highest BCUT2D eigenvalue weighted by atomic mass is 16.2. The van der Waals surface area contributed by atoms with Gasteiger partial charge in [-0.05, 0) is 38.3 Å². The number of piperazine rings is 1. The number of hydrogen-bond acceptors (Lipinski definition) is 8. The van der Waals surface area contributed by atoms with Crippen molar-refractivity contribution in [3.63, 3.8) is 0 Å². The first kappa shape index (κ1) is 19.7. The molecule has 31 heavy (non-hydrogen) atoms. The lowest BCUT2D eigenvalue weighted by molar-refractivity contribution is -0.123. The molecule has 0 unspecified atom stereocenters. The van der Waals surface area contributed by atoms with Crippen molar-refractivity contribution in [1.82, 2.24) is 19.9 Å². The maximum absolute atomic E-state index is 13.1. The van der Waals surface area contributed by atoms with E-state index in [1.807, 2.05) is 12.1 Å². The number of carbonyl (C=O) groups is 1. The standard InChI is InChI=1S/C22H26N8O/c1-28-8-10-29(11-9-28)20-14-25-19(13-26-20)27-18-12-17(4-6-24-18)30-7-5-22(15-23,21(30)31)16-2-3-16/h4,6,12-14,16H,2-3,5,7-11H2,1H3,(H,24,25,27)/t22-/m1/s1. The fourth-order valence-corrected chi connectivity index (χ4v) is 4.51. The van der Waals surface area contributed by atoms with Gasteiger partial charge < -0.3 is 20.0 Å². The van der Waals surface area contributed by atoms with E-state index in [0.717, 1.165) is 50.5 Å². The van der Waals surface area contributed by atoms with E-state index in [-0.39, 0.29) is 11.8 Å². The molecule has 9 heteroatoms. The number of rotatable bonds is 5. The Hall–Kier alpha value is -3.25. The monoisotopic (exact) mass is 418 g/mol. The van der Waals surface area contributed by atoms with Crippen molar-refractivity contribution in [1.29, 1.82) is 5.26 Å². The van der Waals surface area contributed by atoms with Crippen LogP contribution in [0.25, 0.3) is 0 Å². The number of carbonyl (C=O) groups excluding carboxylic acids is 1. The van der Waals surface area contributed by atoms with Crippen LogP contribution in [0.3, 0.4) is 0 Å². The number of nitrogens with one attached hydrogen (secondary N) is 1. The molecular formula is C22H26N8O. The van der Waals surface area contributed by atoms with Gasteiger partial charge in [-0.1, -0.05) is 0 Å². The molecule has 2 saturated heterocycles. The van der Waals surface area contributed by atoms with Gasteiger partial charge in [0.05, 0.1) is 18.5 Å². The van der Waals surface area contributed by atoms with Crippen molar-refractivity contribution in [3.8, 4) is 6.07 Å². The van der Waals surface area contributed by atoms with Crippen LogP contribution in [0.2, 0.25) is 0 Å². The van der Waals surface area contributed by atoms with E-state index in [4.69, 9.17) is 0 Å². The molecule has 5 rings (SSSR count). The van der Waals surface area contributed by atoms with E-state index < -0.39 is 5.41 Å². The summed E-state index contributed by atoms with van der Waals surface area (Å²) in [5.41, 5.74) is -0.0937. The highest BCUT2D eigenvalue weighted by Gasteiger charge is 2.56. The van der Waals surface area contributed by atoms with Crippen molar-refractivity contribution < 1.29 is 4.79 Å². The van der Waals surface area contributed by atoms with Gasteiger partial charge >= 0.3 is 0 Å². The van der Waals surface area contributed by atoms with Gasteiger partial charge in [0.2, 0.25) is 5.91 Å². The largest absolute Gasteiger partial charge is 0.353 e. The molecule has 160 valence electrons. The van der Waals surface area contributed by atoms with Crippen LogP contribution in [-0.2, 0) is 4.79 Å². The normalized spacial score (nSPS) is 24.3. The van der Waals surface area contributed by atoms with E-state index in [2.05, 4.69) is 43.2 Å². The van der Waals surface area contributed by atoms with Gasteiger partial charge in [-0.3, -0.25) is 4.79 Å². The van der Waals surface area contributed by atoms with Crippen molar-refractivity contribution in [3.05, 3.63) is 30.7 Å². The van der Waals surface area contributed by atoms with Gasteiger partial charge in [-0.25, -0.2) is 15.0 Å². The zero-order chi connectivity index (χ0) is 21.4. The van der Waals surface area contributed by atoms with Crippen LogP contribution < -0.4 is 15.1 Å². The summed E-state index contributed by atoms with van der Waals surface area (Å²) < 4.78 is 0. The molecule has 1 saturated carbocycles. The van der Waals surface area contributed by atoms with E-state index in [1.54, 1.807) is 23.5 Å². The third-order valence-electron chi connectivity index (χ3n) is 6.61. The molecule has 1 aliphatic carbocycles. The van der Waals surface area contributed by atoms with Crippen LogP contribution in [0.1, 0.15) is 19.3 Å². The van der Waals surface area contributed by atoms with Crippen molar-refractivity contribution in [2.45, 2.75) is 19.3 Å². The second-order valence-corrected chi connectivity index (χ2v) is 8.64. The summed E-state index contributed by atoms with van der Waals surface area (Å²) in [6, 6.07) is 5.97. The molecule has 0 spiro atoms.